The van der Waals surface area contributed by atoms with Crippen LogP contribution in [0, 0.1) is 0 Å². The Balaban J connectivity index is 1.42. The number of Topliss-reactive ketones (excluding diaryl/α,β-unsaturated/α-hetero) is 1. The highest BCUT2D eigenvalue weighted by molar-refractivity contribution is 6.73. The van der Waals surface area contributed by atoms with Gasteiger partial charge in [-0.25, -0.2) is 9.59 Å². The third-order valence-electron chi connectivity index (χ3n) is 13.0. The number of methoxy groups -OCH3 is 1. The van der Waals surface area contributed by atoms with Crippen LogP contribution in [0.4, 0.5) is 13.2 Å². The van der Waals surface area contributed by atoms with Crippen molar-refractivity contribution in [3.05, 3.63) is 132 Å². The molecule has 4 aromatic rings. The summed E-state index contributed by atoms with van der Waals surface area (Å²) in [6.45, 7) is 12.0. The monoisotopic (exact) mass is 1080 g/mol. The van der Waals surface area contributed by atoms with E-state index < -0.39 is 116 Å². The summed E-state index contributed by atoms with van der Waals surface area (Å²) in [6.07, 6.45) is -21.8. The third kappa shape index (κ3) is 13.8. The number of fused-ring (bicyclic) bond motifs is 1. The Morgan fingerprint density at radius 2 is 1.25 bits per heavy atom. The number of ketones is 1. The number of hydrogen-bond donors (Lipinski definition) is 1. The fourth-order valence-corrected chi connectivity index (χ4v) is 14.5. The highest BCUT2D eigenvalue weighted by atomic mass is 28.4. The molecule has 0 radical (unpaired) electrons. The van der Waals surface area contributed by atoms with Crippen LogP contribution < -0.4 is 14.8 Å². The van der Waals surface area contributed by atoms with E-state index in [4.69, 9.17) is 51.5 Å². The van der Waals surface area contributed by atoms with Gasteiger partial charge < -0.3 is 61.6 Å². The average molecular weight is 1080 g/mol. The fraction of sp³-hybridized carbons (Fsp3) is 0.473. The van der Waals surface area contributed by atoms with Gasteiger partial charge in [0.1, 0.15) is 54.3 Å². The minimum Gasteiger partial charge on any atom is -0.497 e. The highest BCUT2D eigenvalue weighted by Gasteiger charge is 2.66. The van der Waals surface area contributed by atoms with Gasteiger partial charge in [-0.15, -0.1) is 0 Å². The molecule has 7 rings (SSSR count). The minimum atomic E-state index is -5.46. The first-order valence-corrected chi connectivity index (χ1v) is 26.6. The van der Waals surface area contributed by atoms with Crippen molar-refractivity contribution in [3.8, 4) is 11.5 Å². The summed E-state index contributed by atoms with van der Waals surface area (Å²) >= 11 is 0. The van der Waals surface area contributed by atoms with Crippen molar-refractivity contribution >= 4 is 38.2 Å². The predicted molar refractivity (Wildman–Crippen MR) is 267 cm³/mol. The van der Waals surface area contributed by atoms with Crippen molar-refractivity contribution in [1.29, 1.82) is 0 Å². The zero-order chi connectivity index (χ0) is 55.0. The Bertz CT molecular complexity index is 2580. The van der Waals surface area contributed by atoms with E-state index in [2.05, 4.69) is 0 Å². The minimum absolute atomic E-state index is 0.0239. The average Bonchev–Trinajstić information content (AvgIpc) is 3.44. The molecular formula is C55H64F3NO16Si. The van der Waals surface area contributed by atoms with Crippen LogP contribution in [0.5, 0.6) is 11.5 Å². The van der Waals surface area contributed by atoms with Crippen molar-refractivity contribution in [3.63, 3.8) is 0 Å². The molecule has 3 aliphatic rings. The van der Waals surface area contributed by atoms with E-state index in [-0.39, 0.29) is 43.3 Å². The van der Waals surface area contributed by atoms with Crippen molar-refractivity contribution in [2.24, 2.45) is 0 Å². The summed E-state index contributed by atoms with van der Waals surface area (Å²) in [7, 11) is -2.20. The van der Waals surface area contributed by atoms with Crippen molar-refractivity contribution in [2.45, 2.75) is 152 Å². The molecule has 0 unspecified atom stereocenters. The molecular weight excluding hydrogens is 1020 g/mol. The number of carbonyl (C=O) groups excluding carboxylic acids is 5. The fourth-order valence-electron chi connectivity index (χ4n) is 9.49. The first kappa shape index (κ1) is 57.5. The third-order valence-corrected chi connectivity index (χ3v) is 18.1. The number of halogens is 3. The second kappa shape index (κ2) is 24.4. The topological polar surface area (TPSA) is 199 Å². The molecule has 17 nitrogen and oxygen atoms in total. The Labute approximate surface area is 440 Å². The summed E-state index contributed by atoms with van der Waals surface area (Å²) in [5.74, 6) is -5.31. The molecule has 3 saturated heterocycles. The molecule has 1 N–H and O–H groups in total. The van der Waals surface area contributed by atoms with E-state index in [1.807, 2.05) is 46.9 Å². The van der Waals surface area contributed by atoms with Gasteiger partial charge in [-0.3, -0.25) is 9.59 Å². The van der Waals surface area contributed by atoms with Gasteiger partial charge in [0.25, 0.3) is 0 Å². The maximum absolute atomic E-state index is 14.7. The first-order chi connectivity index (χ1) is 36.0. The molecule has 21 heteroatoms. The second-order valence-electron chi connectivity index (χ2n) is 20.6. The first-order valence-electron chi connectivity index (χ1n) is 24.8. The summed E-state index contributed by atoms with van der Waals surface area (Å²) in [4.78, 5) is 68.4. The van der Waals surface area contributed by atoms with Gasteiger partial charge in [-0.2, -0.15) is 13.2 Å². The summed E-state index contributed by atoms with van der Waals surface area (Å²) in [6, 6.07) is 29.1. The summed E-state index contributed by atoms with van der Waals surface area (Å²) in [5.41, 5.74) is 1.16. The van der Waals surface area contributed by atoms with Crippen LogP contribution in [-0.4, -0.2) is 119 Å². The van der Waals surface area contributed by atoms with Crippen LogP contribution in [0.3, 0.4) is 0 Å². The van der Waals surface area contributed by atoms with Gasteiger partial charge in [0.2, 0.25) is 6.29 Å². The lowest BCUT2D eigenvalue weighted by Crippen LogP contribution is -2.75. The smallest absolute Gasteiger partial charge is 0.471 e. The maximum Gasteiger partial charge on any atom is 0.471 e. The number of carbonyl (C=O) groups is 5. The molecule has 3 heterocycles. The van der Waals surface area contributed by atoms with Crippen LogP contribution in [0.1, 0.15) is 82.8 Å². The Morgan fingerprint density at radius 3 is 1.82 bits per heavy atom. The van der Waals surface area contributed by atoms with E-state index >= 15 is 0 Å². The maximum atomic E-state index is 14.7. The molecule has 0 saturated carbocycles. The standard InChI is InChI=1S/C55H64F3NO16Si/c1-33(60)24-29-40(61)71-45-44(66-30-34-18-12-9-13-19-34)47(72-48(62)36-22-16-11-17-23-36)51(74-46(45)49(63)67-31-35-20-14-10-15-21-35)73-43-41(59-52(64)55(56,57)58)50(69-38-27-25-37(65-8)26-28-38)70-39-32-68-76(53(2,3)4,54(5,6)7)75-42(39)43/h9-23,25-28,39,41-47,50-51H,24,29-32H2,1-8H3,(H,59,64)/t39-,41-,42+,43-,44+,45+,46+,47-,50-,51-/m1/s1. The number of benzene rings is 4. The van der Waals surface area contributed by atoms with E-state index in [9.17, 15) is 37.1 Å². The molecule has 76 heavy (non-hydrogen) atoms. The van der Waals surface area contributed by atoms with Crippen LogP contribution in [0.25, 0.3) is 0 Å². The number of alkyl halides is 3. The molecule has 1 amide bonds. The van der Waals surface area contributed by atoms with Gasteiger partial charge in [0, 0.05) is 16.5 Å². The van der Waals surface area contributed by atoms with Crippen molar-refractivity contribution < 1.29 is 88.6 Å². The largest absolute Gasteiger partial charge is 0.497 e. The lowest BCUT2D eigenvalue weighted by atomic mass is 9.94. The Morgan fingerprint density at radius 1 is 0.671 bits per heavy atom. The number of esters is 3. The number of nitrogens with one attached hydrogen (secondary N) is 1. The predicted octanol–water partition coefficient (Wildman–Crippen LogP) is 8.25. The van der Waals surface area contributed by atoms with E-state index in [1.165, 1.54) is 50.4 Å². The Kier molecular flexibility index (Phi) is 18.5. The van der Waals surface area contributed by atoms with E-state index in [0.29, 0.717) is 16.9 Å². The summed E-state index contributed by atoms with van der Waals surface area (Å²) < 4.78 is 114. The second-order valence-corrected chi connectivity index (χ2v) is 25.4. The highest BCUT2D eigenvalue weighted by Crippen LogP contribution is 2.55. The zero-order valence-corrected chi connectivity index (χ0v) is 44.4. The molecule has 0 bridgehead atoms. The van der Waals surface area contributed by atoms with Crippen LogP contribution >= 0.6 is 0 Å². The van der Waals surface area contributed by atoms with Gasteiger partial charge in [-0.05, 0) is 54.4 Å². The molecule has 410 valence electrons. The molecule has 3 fully saturated rings. The van der Waals surface area contributed by atoms with Crippen LogP contribution in [0.15, 0.2) is 115 Å². The Hall–Kier alpha value is -6.20. The van der Waals surface area contributed by atoms with Gasteiger partial charge in [0.05, 0.1) is 32.3 Å². The number of rotatable bonds is 18. The lowest BCUT2D eigenvalue weighted by Gasteiger charge is -2.58. The van der Waals surface area contributed by atoms with Gasteiger partial charge in [-0.1, -0.05) is 120 Å². The molecule has 0 spiro atoms. The quantitative estimate of drug-likeness (QED) is 0.0567. The van der Waals surface area contributed by atoms with Gasteiger partial charge >= 0.3 is 38.6 Å². The molecule has 3 aliphatic heterocycles. The van der Waals surface area contributed by atoms with E-state index in [1.54, 1.807) is 78.9 Å². The molecule has 0 aromatic heterocycles. The zero-order valence-electron chi connectivity index (χ0n) is 43.4. The number of ether oxygens (including phenoxy) is 9. The van der Waals surface area contributed by atoms with Crippen LogP contribution in [0.2, 0.25) is 10.1 Å². The molecule has 0 aliphatic carbocycles. The molecule has 10 atom stereocenters. The van der Waals surface area contributed by atoms with E-state index in [0.717, 1.165) is 0 Å². The normalized spacial score (nSPS) is 25.5. The van der Waals surface area contributed by atoms with Gasteiger partial charge in [0.15, 0.2) is 24.6 Å². The lowest BCUT2D eigenvalue weighted by molar-refractivity contribution is -0.342. The number of hydrogen-bond acceptors (Lipinski definition) is 16. The SMILES string of the molecule is COc1ccc(O[C@@H]2O[C@@H]3CO[Si](C(C)(C)C)(C(C)(C)C)O[C@@H]3[C@H](O[C@@H]3O[C@H](C(=O)OCc4ccccc4)[C@@H](OC(=O)CCC(C)=O)[C@H](OCc4ccccc4)[C@H]3OC(=O)c3ccccc3)[C@H]2NC(=O)C(F)(F)F)cc1. The molecule has 4 aromatic carbocycles. The van der Waals surface area contributed by atoms with Crippen LogP contribution in [-0.2, 0) is 74.4 Å². The summed E-state index contributed by atoms with van der Waals surface area (Å²) in [5, 5.41) is 0.576. The number of amides is 1. The van der Waals surface area contributed by atoms with Crippen molar-refractivity contribution in [2.75, 3.05) is 13.7 Å². The van der Waals surface area contributed by atoms with Crippen molar-refractivity contribution in [1.82, 2.24) is 5.32 Å².